The van der Waals surface area contributed by atoms with Crippen molar-refractivity contribution in [2.45, 2.75) is 20.0 Å². The predicted molar refractivity (Wildman–Crippen MR) is 103 cm³/mol. The van der Waals surface area contributed by atoms with Crippen molar-refractivity contribution < 1.29 is 33.3 Å². The van der Waals surface area contributed by atoms with Gasteiger partial charge in [0.15, 0.2) is 0 Å². The summed E-state index contributed by atoms with van der Waals surface area (Å²) in [7, 11) is 4.00. The Morgan fingerprint density at radius 1 is 1.14 bits per heavy atom. The topological polar surface area (TPSA) is 105 Å². The molecule has 2 aromatic rings. The molecule has 1 heterocycles. The lowest BCUT2D eigenvalue weighted by Crippen LogP contribution is -2.26. The Morgan fingerprint density at radius 3 is 2.43 bits per heavy atom. The van der Waals surface area contributed by atoms with E-state index in [9.17, 15) is 14.4 Å². The fraction of sp³-hybridized carbons (Fsp3) is 0.389. The van der Waals surface area contributed by atoms with Gasteiger partial charge in [-0.25, -0.2) is 9.59 Å². The number of carbonyl (C=O) groups excluding carboxylic acids is 3. The summed E-state index contributed by atoms with van der Waals surface area (Å²) in [5.74, 6) is -0.596. The molecule has 9 nitrogen and oxygen atoms in total. The molecule has 1 aromatic heterocycles. The predicted octanol–water partition coefficient (Wildman–Crippen LogP) is 2.62. The van der Waals surface area contributed by atoms with Crippen LogP contribution in [0.5, 0.6) is 5.75 Å². The molecule has 0 unspecified atom stereocenters. The van der Waals surface area contributed by atoms with Gasteiger partial charge in [-0.1, -0.05) is 0 Å². The third-order valence-electron chi connectivity index (χ3n) is 4.02. The van der Waals surface area contributed by atoms with E-state index in [1.54, 1.807) is 23.6 Å². The number of nitrogens with zero attached hydrogens (tertiary/aromatic N) is 1. The normalized spacial score (nSPS) is 10.5. The zero-order valence-electron chi connectivity index (χ0n) is 16.0. The van der Waals surface area contributed by atoms with E-state index < -0.39 is 18.0 Å². The minimum Gasteiger partial charge on any atom is -0.496 e. The van der Waals surface area contributed by atoms with Gasteiger partial charge in [0.05, 0.1) is 55.7 Å². The van der Waals surface area contributed by atoms with E-state index in [0.717, 1.165) is 0 Å². The molecule has 0 aliphatic heterocycles. The molecular weight excluding hydrogens is 436 g/mol. The first-order valence-electron chi connectivity index (χ1n) is 8.32. The maximum atomic E-state index is 12.7. The van der Waals surface area contributed by atoms with Crippen LogP contribution in [0.3, 0.4) is 0 Å². The van der Waals surface area contributed by atoms with Gasteiger partial charge in [0.25, 0.3) is 0 Å². The van der Waals surface area contributed by atoms with Crippen LogP contribution in [0, 0.1) is 0 Å². The summed E-state index contributed by atoms with van der Waals surface area (Å²) >= 11 is 3.41. The Bertz CT molecular complexity index is 907. The molecule has 1 amide bonds. The number of aromatic nitrogens is 1. The average Bonchev–Trinajstić information content (AvgIpc) is 2.97. The quantitative estimate of drug-likeness (QED) is 0.504. The van der Waals surface area contributed by atoms with Crippen LogP contribution in [0.2, 0.25) is 0 Å². The maximum Gasteiger partial charge on any atom is 0.407 e. The molecule has 0 saturated heterocycles. The molecule has 2 rings (SSSR count). The van der Waals surface area contributed by atoms with Gasteiger partial charge >= 0.3 is 18.0 Å². The Balaban J connectivity index is 2.77. The number of fused-ring (bicyclic) bond motifs is 1. The van der Waals surface area contributed by atoms with Gasteiger partial charge < -0.3 is 28.8 Å². The summed E-state index contributed by atoms with van der Waals surface area (Å²) in [6.07, 6.45) is -0.677. The number of halogens is 1. The minimum absolute atomic E-state index is 0.0631. The highest BCUT2D eigenvalue weighted by Crippen LogP contribution is 2.35. The number of nitrogens with one attached hydrogen (secondary N) is 1. The summed E-state index contributed by atoms with van der Waals surface area (Å²) in [6, 6.07) is 3.39. The second-order valence-electron chi connectivity index (χ2n) is 5.55. The van der Waals surface area contributed by atoms with Crippen molar-refractivity contribution in [1.29, 1.82) is 0 Å². The molecule has 0 bridgehead atoms. The van der Waals surface area contributed by atoms with Crippen LogP contribution < -0.4 is 10.1 Å². The van der Waals surface area contributed by atoms with Gasteiger partial charge in [-0.2, -0.15) is 0 Å². The van der Waals surface area contributed by atoms with Crippen LogP contribution in [0.15, 0.2) is 16.6 Å². The molecule has 1 N–H and O–H groups in total. The number of carbonyl (C=O) groups is 3. The Labute approximate surface area is 170 Å². The van der Waals surface area contributed by atoms with Crippen LogP contribution in [-0.4, -0.2) is 50.5 Å². The molecule has 0 saturated carbocycles. The first kappa shape index (κ1) is 21.5. The number of ether oxygens (including phenoxy) is 4. The van der Waals surface area contributed by atoms with Gasteiger partial charge in [0, 0.05) is 5.39 Å². The molecule has 0 aliphatic carbocycles. The van der Waals surface area contributed by atoms with Crippen molar-refractivity contribution in [3.8, 4) is 5.75 Å². The monoisotopic (exact) mass is 456 g/mol. The van der Waals surface area contributed by atoms with Crippen molar-refractivity contribution in [3.63, 3.8) is 0 Å². The molecular formula is C18H21BrN2O7. The molecule has 0 aliphatic rings. The fourth-order valence-corrected chi connectivity index (χ4v) is 3.27. The van der Waals surface area contributed by atoms with E-state index in [1.165, 1.54) is 21.3 Å². The summed E-state index contributed by atoms with van der Waals surface area (Å²) < 4.78 is 22.1. The van der Waals surface area contributed by atoms with Crippen molar-refractivity contribution in [2.75, 3.05) is 27.9 Å². The van der Waals surface area contributed by atoms with Crippen LogP contribution in [0.1, 0.15) is 23.0 Å². The van der Waals surface area contributed by atoms with E-state index in [1.807, 2.05) is 0 Å². The lowest BCUT2D eigenvalue weighted by Gasteiger charge is -2.12. The zero-order valence-corrected chi connectivity index (χ0v) is 17.5. The lowest BCUT2D eigenvalue weighted by molar-refractivity contribution is -0.141. The third kappa shape index (κ3) is 4.38. The first-order chi connectivity index (χ1) is 13.4. The van der Waals surface area contributed by atoms with Crippen molar-refractivity contribution in [1.82, 2.24) is 9.88 Å². The largest absolute Gasteiger partial charge is 0.496 e. The van der Waals surface area contributed by atoms with Gasteiger partial charge in [0.2, 0.25) is 0 Å². The Hall–Kier alpha value is -2.75. The van der Waals surface area contributed by atoms with Crippen LogP contribution in [-0.2, 0) is 32.1 Å². The molecule has 0 fully saturated rings. The van der Waals surface area contributed by atoms with Crippen molar-refractivity contribution in [2.24, 2.45) is 0 Å². The number of esters is 2. The number of rotatable bonds is 7. The molecule has 1 aromatic carbocycles. The highest BCUT2D eigenvalue weighted by molar-refractivity contribution is 9.10. The molecule has 0 spiro atoms. The third-order valence-corrected chi connectivity index (χ3v) is 4.64. The first-order valence-corrected chi connectivity index (χ1v) is 9.11. The van der Waals surface area contributed by atoms with Crippen LogP contribution in [0.25, 0.3) is 10.9 Å². The summed E-state index contributed by atoms with van der Waals surface area (Å²) in [5.41, 5.74) is 1.18. The van der Waals surface area contributed by atoms with Crippen LogP contribution in [0.4, 0.5) is 4.79 Å². The SMILES string of the molecule is CCOC(=O)c1c(CNC(=O)OC)n(CC(=O)OC)c2cc(Br)c(OC)cc12. The highest BCUT2D eigenvalue weighted by Gasteiger charge is 2.26. The van der Waals surface area contributed by atoms with Gasteiger partial charge in [-0.05, 0) is 35.0 Å². The van der Waals surface area contributed by atoms with E-state index in [4.69, 9.17) is 14.2 Å². The highest BCUT2D eigenvalue weighted by atomic mass is 79.9. The molecule has 152 valence electrons. The van der Waals surface area contributed by atoms with E-state index in [0.29, 0.717) is 26.8 Å². The zero-order chi connectivity index (χ0) is 20.8. The maximum absolute atomic E-state index is 12.7. The minimum atomic E-state index is -0.677. The van der Waals surface area contributed by atoms with Gasteiger partial charge in [-0.15, -0.1) is 0 Å². The number of hydrogen-bond donors (Lipinski definition) is 1. The average molecular weight is 457 g/mol. The lowest BCUT2D eigenvalue weighted by atomic mass is 10.1. The molecule has 0 atom stereocenters. The smallest absolute Gasteiger partial charge is 0.407 e. The second kappa shape index (κ2) is 9.45. The number of alkyl carbamates (subject to hydrolysis) is 1. The summed E-state index contributed by atoms with van der Waals surface area (Å²) in [5, 5.41) is 3.05. The van der Waals surface area contributed by atoms with E-state index in [-0.39, 0.29) is 25.3 Å². The van der Waals surface area contributed by atoms with Gasteiger partial charge in [0.1, 0.15) is 12.3 Å². The second-order valence-corrected chi connectivity index (χ2v) is 6.41. The number of hydrogen-bond acceptors (Lipinski definition) is 7. The Morgan fingerprint density at radius 2 is 1.86 bits per heavy atom. The standard InChI is InChI=1S/C18H21BrN2O7/c1-5-28-17(23)16-10-6-14(25-2)11(19)7-12(10)21(9-15(22)26-3)13(16)8-20-18(24)27-4/h6-7H,5,8-9H2,1-4H3,(H,20,24). The number of amides is 1. The van der Waals surface area contributed by atoms with Gasteiger partial charge in [-0.3, -0.25) is 4.79 Å². The number of methoxy groups -OCH3 is 3. The van der Waals surface area contributed by atoms with Crippen LogP contribution >= 0.6 is 15.9 Å². The Kier molecular flexibility index (Phi) is 7.27. The molecule has 28 heavy (non-hydrogen) atoms. The summed E-state index contributed by atoms with van der Waals surface area (Å²) in [6.45, 7) is 1.63. The van der Waals surface area contributed by atoms with E-state index in [2.05, 4.69) is 26.0 Å². The summed E-state index contributed by atoms with van der Waals surface area (Å²) in [4.78, 5) is 36.2. The molecule has 10 heteroatoms. The van der Waals surface area contributed by atoms with E-state index >= 15 is 0 Å². The van der Waals surface area contributed by atoms with Crippen molar-refractivity contribution in [3.05, 3.63) is 27.9 Å². The fourth-order valence-electron chi connectivity index (χ4n) is 2.78. The van der Waals surface area contributed by atoms with Crippen molar-refractivity contribution >= 4 is 44.9 Å². The molecule has 0 radical (unpaired) electrons. The number of benzene rings is 1.